The number of rotatable bonds is 6. The molecule has 0 aliphatic rings. The van der Waals surface area contributed by atoms with Crippen molar-refractivity contribution in [2.75, 3.05) is 20.6 Å². The smallest absolute Gasteiger partial charge is 0.335 e. The average Bonchev–Trinajstić information content (AvgIpc) is 2.26. The number of benzene rings is 1. The van der Waals surface area contributed by atoms with Crippen molar-refractivity contribution < 1.29 is 18.3 Å². The summed E-state index contributed by atoms with van der Waals surface area (Å²) in [5.74, 6) is -1.15. The second-order valence-corrected chi connectivity index (χ2v) is 6.75. The first-order valence-corrected chi connectivity index (χ1v) is 7.63. The molecule has 0 aliphatic heterocycles. The topological polar surface area (TPSA) is 86.7 Å². The summed E-state index contributed by atoms with van der Waals surface area (Å²) in [6.45, 7) is 3.95. The standard InChI is InChI=1S/C13H20N2O4S/c1-9-5-6-11(13(16)17)7-12(9)20(18,19)14-10(2)8-15(3)4/h5-7,10,14H,8H2,1-4H3,(H,16,17). The van der Waals surface area contributed by atoms with Crippen molar-refractivity contribution >= 4 is 16.0 Å². The normalized spacial score (nSPS) is 13.4. The highest BCUT2D eigenvalue weighted by Gasteiger charge is 2.21. The van der Waals surface area contributed by atoms with Gasteiger partial charge in [-0.2, -0.15) is 0 Å². The molecule has 0 heterocycles. The van der Waals surface area contributed by atoms with Gasteiger partial charge in [0.1, 0.15) is 0 Å². The summed E-state index contributed by atoms with van der Waals surface area (Å²) in [4.78, 5) is 12.8. The molecule has 1 rings (SSSR count). The highest BCUT2D eigenvalue weighted by atomic mass is 32.2. The molecule has 6 nitrogen and oxygen atoms in total. The summed E-state index contributed by atoms with van der Waals surface area (Å²) in [7, 11) is -0.0352. The number of hydrogen-bond acceptors (Lipinski definition) is 4. The van der Waals surface area contributed by atoms with Gasteiger partial charge >= 0.3 is 5.97 Å². The number of aromatic carboxylic acids is 1. The monoisotopic (exact) mass is 300 g/mol. The minimum atomic E-state index is -3.73. The van der Waals surface area contributed by atoms with Crippen LogP contribution in [0.4, 0.5) is 0 Å². The molecule has 0 saturated carbocycles. The molecule has 0 radical (unpaired) electrons. The van der Waals surface area contributed by atoms with Crippen LogP contribution in [0, 0.1) is 6.92 Å². The van der Waals surface area contributed by atoms with Crippen LogP contribution >= 0.6 is 0 Å². The summed E-state index contributed by atoms with van der Waals surface area (Å²) in [6.07, 6.45) is 0. The molecule has 0 spiro atoms. The summed E-state index contributed by atoms with van der Waals surface area (Å²) >= 11 is 0. The van der Waals surface area contributed by atoms with E-state index in [0.29, 0.717) is 12.1 Å². The number of aryl methyl sites for hydroxylation is 1. The lowest BCUT2D eigenvalue weighted by Gasteiger charge is -2.19. The molecule has 0 aromatic heterocycles. The van der Waals surface area contributed by atoms with Crippen LogP contribution in [0.3, 0.4) is 0 Å². The number of likely N-dealkylation sites (N-methyl/N-ethyl adjacent to an activating group) is 1. The Morgan fingerprint density at radius 1 is 1.40 bits per heavy atom. The van der Waals surface area contributed by atoms with Crippen LogP contribution in [0.5, 0.6) is 0 Å². The van der Waals surface area contributed by atoms with Crippen LogP contribution in [0.1, 0.15) is 22.8 Å². The molecule has 1 aromatic carbocycles. The zero-order valence-electron chi connectivity index (χ0n) is 12.0. The maximum Gasteiger partial charge on any atom is 0.335 e. The van der Waals surface area contributed by atoms with Crippen LogP contribution in [-0.4, -0.2) is 51.1 Å². The van der Waals surface area contributed by atoms with E-state index in [4.69, 9.17) is 5.11 Å². The van der Waals surface area contributed by atoms with Gasteiger partial charge in [0.15, 0.2) is 0 Å². The fourth-order valence-corrected chi connectivity index (χ4v) is 3.44. The third kappa shape index (κ3) is 4.29. The summed E-state index contributed by atoms with van der Waals surface area (Å²) in [5.41, 5.74) is 0.468. The second-order valence-electron chi connectivity index (χ2n) is 5.07. The van der Waals surface area contributed by atoms with Crippen molar-refractivity contribution in [2.24, 2.45) is 0 Å². The highest BCUT2D eigenvalue weighted by Crippen LogP contribution is 2.17. The van der Waals surface area contributed by atoms with Gasteiger partial charge in [-0.15, -0.1) is 0 Å². The van der Waals surface area contributed by atoms with Crippen LogP contribution in [0.15, 0.2) is 23.1 Å². The van der Waals surface area contributed by atoms with Gasteiger partial charge in [-0.3, -0.25) is 0 Å². The van der Waals surface area contributed by atoms with Crippen molar-refractivity contribution in [3.05, 3.63) is 29.3 Å². The predicted octanol–water partition coefficient (Wildman–Crippen LogP) is 0.922. The molecule has 1 atom stereocenters. The third-order valence-corrected chi connectivity index (χ3v) is 4.45. The molecule has 0 saturated heterocycles. The maximum atomic E-state index is 12.3. The van der Waals surface area contributed by atoms with E-state index >= 15 is 0 Å². The van der Waals surface area contributed by atoms with Crippen molar-refractivity contribution in [1.29, 1.82) is 0 Å². The number of carboxylic acid groups (broad SMARTS) is 1. The summed E-state index contributed by atoms with van der Waals surface area (Å²) in [5, 5.41) is 8.94. The van der Waals surface area contributed by atoms with Gasteiger partial charge in [-0.25, -0.2) is 17.9 Å². The van der Waals surface area contributed by atoms with E-state index in [-0.39, 0.29) is 16.5 Å². The predicted molar refractivity (Wildman–Crippen MR) is 76.5 cm³/mol. The summed E-state index contributed by atoms with van der Waals surface area (Å²) < 4.78 is 27.1. The Balaban J connectivity index is 3.09. The van der Waals surface area contributed by atoms with Crippen molar-refractivity contribution in [2.45, 2.75) is 24.8 Å². The number of hydrogen-bond donors (Lipinski definition) is 2. The molecule has 7 heteroatoms. The number of nitrogens with zero attached hydrogens (tertiary/aromatic N) is 1. The zero-order chi connectivity index (χ0) is 15.5. The molecular weight excluding hydrogens is 280 g/mol. The first kappa shape index (κ1) is 16.6. The second kappa shape index (κ2) is 6.34. The molecule has 0 aliphatic carbocycles. The third-order valence-electron chi connectivity index (χ3n) is 2.72. The number of nitrogens with one attached hydrogen (secondary N) is 1. The Morgan fingerprint density at radius 2 is 2.00 bits per heavy atom. The number of carbonyl (C=O) groups is 1. The van der Waals surface area contributed by atoms with Gasteiger partial charge in [0.2, 0.25) is 10.0 Å². The lowest BCUT2D eigenvalue weighted by atomic mass is 10.1. The van der Waals surface area contributed by atoms with Crippen LogP contribution in [0.25, 0.3) is 0 Å². The largest absolute Gasteiger partial charge is 0.478 e. The van der Waals surface area contributed by atoms with E-state index in [9.17, 15) is 13.2 Å². The maximum absolute atomic E-state index is 12.3. The fraction of sp³-hybridized carbons (Fsp3) is 0.462. The number of sulfonamides is 1. The highest BCUT2D eigenvalue weighted by molar-refractivity contribution is 7.89. The molecule has 112 valence electrons. The van der Waals surface area contributed by atoms with E-state index in [1.54, 1.807) is 13.8 Å². The SMILES string of the molecule is Cc1ccc(C(=O)O)cc1S(=O)(=O)NC(C)CN(C)C. The molecule has 2 N–H and O–H groups in total. The molecule has 0 amide bonds. The molecular formula is C13H20N2O4S. The summed E-state index contributed by atoms with van der Waals surface area (Å²) in [6, 6.07) is 3.79. The Hall–Kier alpha value is -1.44. The van der Waals surface area contributed by atoms with Gasteiger partial charge in [0, 0.05) is 12.6 Å². The first-order chi connectivity index (χ1) is 9.13. The van der Waals surface area contributed by atoms with Crippen molar-refractivity contribution in [3.63, 3.8) is 0 Å². The van der Waals surface area contributed by atoms with E-state index < -0.39 is 16.0 Å². The molecule has 1 unspecified atom stereocenters. The van der Waals surface area contributed by atoms with Crippen molar-refractivity contribution in [3.8, 4) is 0 Å². The minimum absolute atomic E-state index is 0.00278. The van der Waals surface area contributed by atoms with Gasteiger partial charge in [0.25, 0.3) is 0 Å². The number of carboxylic acids is 1. The van der Waals surface area contributed by atoms with Crippen molar-refractivity contribution in [1.82, 2.24) is 9.62 Å². The first-order valence-electron chi connectivity index (χ1n) is 6.14. The van der Waals surface area contributed by atoms with Crippen LogP contribution in [-0.2, 0) is 10.0 Å². The molecule has 0 bridgehead atoms. The Bertz CT molecular complexity index is 596. The van der Waals surface area contributed by atoms with E-state index in [0.717, 1.165) is 0 Å². The van der Waals surface area contributed by atoms with Gasteiger partial charge in [-0.1, -0.05) is 6.07 Å². The van der Waals surface area contributed by atoms with E-state index in [1.165, 1.54) is 18.2 Å². The van der Waals surface area contributed by atoms with E-state index in [1.807, 2.05) is 19.0 Å². The van der Waals surface area contributed by atoms with Gasteiger partial charge in [-0.05, 0) is 45.6 Å². The lowest BCUT2D eigenvalue weighted by Crippen LogP contribution is -2.39. The quantitative estimate of drug-likeness (QED) is 0.816. The Labute approximate surface area is 119 Å². The molecule has 1 aromatic rings. The lowest BCUT2D eigenvalue weighted by molar-refractivity contribution is 0.0696. The Morgan fingerprint density at radius 3 is 2.50 bits per heavy atom. The minimum Gasteiger partial charge on any atom is -0.478 e. The van der Waals surface area contributed by atoms with Gasteiger partial charge < -0.3 is 10.0 Å². The molecule has 0 fully saturated rings. The van der Waals surface area contributed by atoms with Gasteiger partial charge in [0.05, 0.1) is 10.5 Å². The average molecular weight is 300 g/mol. The van der Waals surface area contributed by atoms with Crippen LogP contribution < -0.4 is 4.72 Å². The zero-order valence-corrected chi connectivity index (χ0v) is 12.9. The van der Waals surface area contributed by atoms with E-state index in [2.05, 4.69) is 4.72 Å². The molecule has 20 heavy (non-hydrogen) atoms. The van der Waals surface area contributed by atoms with Crippen LogP contribution in [0.2, 0.25) is 0 Å². The Kier molecular flexibility index (Phi) is 5.27. The fourth-order valence-electron chi connectivity index (χ4n) is 1.94.